The molecule has 0 saturated heterocycles. The van der Waals surface area contributed by atoms with Gasteiger partial charge in [0.15, 0.2) is 11.5 Å². The maximum atomic E-state index is 12.7. The summed E-state index contributed by atoms with van der Waals surface area (Å²) in [5.41, 5.74) is 2.02. The molecule has 112 valence electrons. The first-order chi connectivity index (χ1) is 10.6. The standard InChI is InChI=1S/C17H16N2O3/c1-2-9-19-16(11-7-8-14(20)15(21)10-11)18-13-6-4-3-5-12(13)17(19)22/h2-8,10,16,18,20-21H,1,9H2/t16-/m0/s1. The van der Waals surface area contributed by atoms with Gasteiger partial charge in [0.1, 0.15) is 6.17 Å². The van der Waals surface area contributed by atoms with Crippen LogP contribution in [0.2, 0.25) is 0 Å². The lowest BCUT2D eigenvalue weighted by Gasteiger charge is -2.37. The Balaban J connectivity index is 2.07. The minimum Gasteiger partial charge on any atom is -0.504 e. The van der Waals surface area contributed by atoms with Crippen molar-refractivity contribution in [1.82, 2.24) is 4.90 Å². The number of rotatable bonds is 3. The lowest BCUT2D eigenvalue weighted by molar-refractivity contribution is 0.0707. The summed E-state index contributed by atoms with van der Waals surface area (Å²) in [6.45, 7) is 4.06. The Morgan fingerprint density at radius 3 is 2.68 bits per heavy atom. The highest BCUT2D eigenvalue weighted by atomic mass is 16.3. The number of phenolic OH excluding ortho intramolecular Hbond substituents is 2. The fraction of sp³-hybridized carbons (Fsp3) is 0.118. The third-order valence-electron chi connectivity index (χ3n) is 3.66. The third-order valence-corrected chi connectivity index (χ3v) is 3.66. The summed E-state index contributed by atoms with van der Waals surface area (Å²) in [6, 6.07) is 11.8. The number of para-hydroxylation sites is 1. The van der Waals surface area contributed by atoms with Gasteiger partial charge in [-0.2, -0.15) is 0 Å². The molecule has 0 radical (unpaired) electrons. The Hall–Kier alpha value is -2.95. The zero-order valence-electron chi connectivity index (χ0n) is 11.9. The van der Waals surface area contributed by atoms with Crippen LogP contribution in [0, 0.1) is 0 Å². The Bertz CT molecular complexity index is 742. The van der Waals surface area contributed by atoms with E-state index in [1.807, 2.05) is 18.2 Å². The zero-order valence-corrected chi connectivity index (χ0v) is 11.9. The van der Waals surface area contributed by atoms with E-state index in [9.17, 15) is 15.0 Å². The van der Waals surface area contributed by atoms with E-state index in [1.165, 1.54) is 12.1 Å². The molecule has 1 amide bonds. The smallest absolute Gasteiger partial charge is 0.258 e. The van der Waals surface area contributed by atoms with E-state index in [0.717, 1.165) is 5.69 Å². The lowest BCUT2D eigenvalue weighted by atomic mass is 10.0. The van der Waals surface area contributed by atoms with Gasteiger partial charge >= 0.3 is 0 Å². The minimum absolute atomic E-state index is 0.105. The van der Waals surface area contributed by atoms with E-state index >= 15 is 0 Å². The number of fused-ring (bicyclic) bond motifs is 1. The first kappa shape index (κ1) is 14.0. The minimum atomic E-state index is -0.438. The molecule has 5 heteroatoms. The second-order valence-corrected chi connectivity index (χ2v) is 5.09. The van der Waals surface area contributed by atoms with Crippen molar-refractivity contribution in [3.8, 4) is 11.5 Å². The van der Waals surface area contributed by atoms with Crippen molar-refractivity contribution in [1.29, 1.82) is 0 Å². The monoisotopic (exact) mass is 296 g/mol. The summed E-state index contributed by atoms with van der Waals surface area (Å²) in [4.78, 5) is 14.3. The molecule has 5 nitrogen and oxygen atoms in total. The summed E-state index contributed by atoms with van der Waals surface area (Å²) in [5.74, 6) is -0.516. The molecule has 0 saturated carbocycles. The number of nitrogens with zero attached hydrogens (tertiary/aromatic N) is 1. The number of nitrogens with one attached hydrogen (secondary N) is 1. The predicted molar refractivity (Wildman–Crippen MR) is 83.8 cm³/mol. The highest BCUT2D eigenvalue weighted by molar-refractivity contribution is 6.01. The molecule has 1 aliphatic rings. The van der Waals surface area contributed by atoms with Crippen molar-refractivity contribution in [3.05, 3.63) is 66.2 Å². The molecule has 1 heterocycles. The van der Waals surface area contributed by atoms with Gasteiger partial charge in [0.2, 0.25) is 0 Å². The largest absolute Gasteiger partial charge is 0.504 e. The van der Waals surface area contributed by atoms with Crippen molar-refractivity contribution in [2.75, 3.05) is 11.9 Å². The summed E-state index contributed by atoms with van der Waals surface area (Å²) in [5, 5.41) is 22.5. The van der Waals surface area contributed by atoms with Crippen LogP contribution < -0.4 is 5.32 Å². The van der Waals surface area contributed by atoms with Crippen LogP contribution in [0.5, 0.6) is 11.5 Å². The topological polar surface area (TPSA) is 72.8 Å². The normalized spacial score (nSPS) is 16.8. The van der Waals surface area contributed by atoms with Crippen LogP contribution >= 0.6 is 0 Å². The molecule has 0 spiro atoms. The quantitative estimate of drug-likeness (QED) is 0.601. The molecule has 0 bridgehead atoms. The van der Waals surface area contributed by atoms with Crippen LogP contribution in [0.1, 0.15) is 22.1 Å². The molecular weight excluding hydrogens is 280 g/mol. The molecule has 0 fully saturated rings. The van der Waals surface area contributed by atoms with Crippen LogP contribution in [0.4, 0.5) is 5.69 Å². The van der Waals surface area contributed by atoms with Gasteiger partial charge in [-0.3, -0.25) is 4.79 Å². The van der Waals surface area contributed by atoms with Crippen LogP contribution in [0.25, 0.3) is 0 Å². The number of phenols is 2. The lowest BCUT2D eigenvalue weighted by Crippen LogP contribution is -2.42. The number of hydrogen-bond acceptors (Lipinski definition) is 4. The van der Waals surface area contributed by atoms with Crippen LogP contribution in [0.15, 0.2) is 55.1 Å². The molecule has 2 aromatic rings. The molecule has 3 N–H and O–H groups in total. The molecule has 22 heavy (non-hydrogen) atoms. The zero-order chi connectivity index (χ0) is 15.7. The van der Waals surface area contributed by atoms with E-state index in [4.69, 9.17) is 0 Å². The van der Waals surface area contributed by atoms with E-state index < -0.39 is 6.17 Å². The van der Waals surface area contributed by atoms with E-state index in [1.54, 1.807) is 23.1 Å². The molecule has 1 aliphatic heterocycles. The number of carbonyl (C=O) groups excluding carboxylic acids is 1. The molecule has 0 aromatic heterocycles. The van der Waals surface area contributed by atoms with E-state index in [2.05, 4.69) is 11.9 Å². The van der Waals surface area contributed by atoms with Gasteiger partial charge in [-0.25, -0.2) is 0 Å². The number of anilines is 1. The first-order valence-corrected chi connectivity index (χ1v) is 6.91. The second kappa shape index (κ2) is 5.44. The third kappa shape index (κ3) is 2.26. The predicted octanol–water partition coefficient (Wildman–Crippen LogP) is 2.85. The molecule has 3 rings (SSSR count). The van der Waals surface area contributed by atoms with Gasteiger partial charge in [0.25, 0.3) is 5.91 Å². The van der Waals surface area contributed by atoms with Crippen LogP contribution in [-0.4, -0.2) is 27.6 Å². The molecule has 0 aliphatic carbocycles. The van der Waals surface area contributed by atoms with Crippen molar-refractivity contribution in [2.24, 2.45) is 0 Å². The number of benzene rings is 2. The van der Waals surface area contributed by atoms with E-state index in [-0.39, 0.29) is 17.4 Å². The number of aromatic hydroxyl groups is 2. The van der Waals surface area contributed by atoms with Gasteiger partial charge in [0.05, 0.1) is 5.56 Å². The molecule has 1 atom stereocenters. The highest BCUT2D eigenvalue weighted by Gasteiger charge is 2.32. The average molecular weight is 296 g/mol. The summed E-state index contributed by atoms with van der Waals surface area (Å²) in [7, 11) is 0. The van der Waals surface area contributed by atoms with Crippen LogP contribution in [0.3, 0.4) is 0 Å². The van der Waals surface area contributed by atoms with Crippen molar-refractivity contribution >= 4 is 11.6 Å². The maximum Gasteiger partial charge on any atom is 0.258 e. The van der Waals surface area contributed by atoms with E-state index in [0.29, 0.717) is 17.7 Å². The Labute approximate surface area is 128 Å². The average Bonchev–Trinajstić information content (AvgIpc) is 2.53. The van der Waals surface area contributed by atoms with Crippen molar-refractivity contribution in [2.45, 2.75) is 6.17 Å². The van der Waals surface area contributed by atoms with Gasteiger partial charge in [-0.05, 0) is 29.8 Å². The molecule has 2 aromatic carbocycles. The second-order valence-electron chi connectivity index (χ2n) is 5.09. The van der Waals surface area contributed by atoms with Crippen molar-refractivity contribution in [3.63, 3.8) is 0 Å². The Morgan fingerprint density at radius 2 is 1.95 bits per heavy atom. The fourth-order valence-corrected chi connectivity index (χ4v) is 2.59. The highest BCUT2D eigenvalue weighted by Crippen LogP contribution is 2.35. The summed E-state index contributed by atoms with van der Waals surface area (Å²) >= 11 is 0. The first-order valence-electron chi connectivity index (χ1n) is 6.91. The molecular formula is C17H16N2O3. The molecule has 0 unspecified atom stereocenters. The van der Waals surface area contributed by atoms with Gasteiger partial charge in [0, 0.05) is 12.2 Å². The number of hydrogen-bond donors (Lipinski definition) is 3. The summed E-state index contributed by atoms with van der Waals surface area (Å²) in [6.07, 6.45) is 1.22. The van der Waals surface area contributed by atoms with Gasteiger partial charge in [-0.1, -0.05) is 24.3 Å². The van der Waals surface area contributed by atoms with Crippen LogP contribution in [-0.2, 0) is 0 Å². The van der Waals surface area contributed by atoms with Crippen molar-refractivity contribution < 1.29 is 15.0 Å². The number of carbonyl (C=O) groups is 1. The summed E-state index contributed by atoms with van der Waals surface area (Å²) < 4.78 is 0. The van der Waals surface area contributed by atoms with Gasteiger partial charge in [-0.15, -0.1) is 6.58 Å². The van der Waals surface area contributed by atoms with Gasteiger partial charge < -0.3 is 20.4 Å². The Kier molecular flexibility index (Phi) is 3.47. The SMILES string of the molecule is C=CCN1C(=O)c2ccccc2N[C@@H]1c1ccc(O)c(O)c1. The Morgan fingerprint density at radius 1 is 1.18 bits per heavy atom. The fourth-order valence-electron chi connectivity index (χ4n) is 2.59. The number of amides is 1. The maximum absolute atomic E-state index is 12.7.